The lowest BCUT2D eigenvalue weighted by molar-refractivity contribution is 0.277. The van der Waals surface area contributed by atoms with Crippen LogP contribution in [0.15, 0.2) is 24.8 Å². The number of allylic oxidation sites excluding steroid dienone is 1. The van der Waals surface area contributed by atoms with Crippen molar-refractivity contribution in [1.29, 1.82) is 0 Å². The van der Waals surface area contributed by atoms with E-state index >= 15 is 0 Å². The number of aliphatic hydroxyl groups is 1. The molecule has 0 aliphatic rings. The molecule has 0 radical (unpaired) electrons. The maximum atomic E-state index is 8.75. The van der Waals surface area contributed by atoms with Crippen LogP contribution in [-0.4, -0.2) is 10.1 Å². The Balaban J connectivity index is 3.01. The Kier molecular flexibility index (Phi) is 2.39. The molecule has 0 amide bonds. The van der Waals surface area contributed by atoms with Crippen LogP contribution in [0, 0.1) is 0 Å². The Labute approximate surface area is 66.2 Å². The van der Waals surface area contributed by atoms with Gasteiger partial charge in [0.05, 0.1) is 18.0 Å². The quantitative estimate of drug-likeness (QED) is 0.693. The second-order valence-electron chi connectivity index (χ2n) is 2.45. The normalized spacial score (nSPS) is 9.64. The minimum Gasteiger partial charge on any atom is -0.390 e. The fraction of sp³-hybridized carbons (Fsp3) is 0.222. The summed E-state index contributed by atoms with van der Waals surface area (Å²) in [5, 5.41) is 8.75. The molecule has 0 aliphatic carbocycles. The molecule has 0 aliphatic heterocycles. The van der Waals surface area contributed by atoms with E-state index in [0.29, 0.717) is 5.69 Å². The lowest BCUT2D eigenvalue weighted by Crippen LogP contribution is -1.91. The zero-order chi connectivity index (χ0) is 8.27. The van der Waals surface area contributed by atoms with Crippen molar-refractivity contribution in [3.8, 4) is 0 Å². The topological polar surface area (TPSA) is 33.1 Å². The molecule has 1 rings (SSSR count). The minimum absolute atomic E-state index is 0.0128. The van der Waals surface area contributed by atoms with E-state index in [1.807, 2.05) is 19.1 Å². The van der Waals surface area contributed by atoms with Gasteiger partial charge in [0.1, 0.15) is 0 Å². The minimum atomic E-state index is -0.0128. The lowest BCUT2D eigenvalue weighted by Gasteiger charge is -1.99. The van der Waals surface area contributed by atoms with Crippen molar-refractivity contribution in [1.82, 2.24) is 4.98 Å². The smallest absolute Gasteiger partial charge is 0.0853 e. The molecule has 2 nitrogen and oxygen atoms in total. The summed E-state index contributed by atoms with van der Waals surface area (Å²) >= 11 is 0. The SMILES string of the molecule is C=C(C)c1cccc(CO)n1. The Morgan fingerprint density at radius 1 is 1.64 bits per heavy atom. The van der Waals surface area contributed by atoms with Crippen LogP contribution < -0.4 is 0 Å². The van der Waals surface area contributed by atoms with Crippen molar-refractivity contribution >= 4 is 5.57 Å². The molecule has 0 aromatic carbocycles. The Morgan fingerprint density at radius 2 is 2.36 bits per heavy atom. The van der Waals surface area contributed by atoms with E-state index in [9.17, 15) is 0 Å². The summed E-state index contributed by atoms with van der Waals surface area (Å²) in [5.41, 5.74) is 2.45. The molecule has 1 N–H and O–H groups in total. The molecule has 0 unspecified atom stereocenters. The summed E-state index contributed by atoms with van der Waals surface area (Å²) in [6.07, 6.45) is 0. The van der Waals surface area contributed by atoms with Crippen LogP contribution in [0.25, 0.3) is 5.57 Å². The molecule has 0 saturated carbocycles. The first-order chi connectivity index (χ1) is 5.24. The highest BCUT2D eigenvalue weighted by molar-refractivity contribution is 5.57. The summed E-state index contributed by atoms with van der Waals surface area (Å²) in [4.78, 5) is 4.14. The van der Waals surface area contributed by atoms with E-state index in [1.165, 1.54) is 0 Å². The Morgan fingerprint density at radius 3 is 2.91 bits per heavy atom. The summed E-state index contributed by atoms with van der Waals surface area (Å²) in [7, 11) is 0. The summed E-state index contributed by atoms with van der Waals surface area (Å²) < 4.78 is 0. The predicted octanol–water partition coefficient (Wildman–Crippen LogP) is 1.61. The number of aromatic nitrogens is 1. The van der Waals surface area contributed by atoms with Crippen LogP contribution in [0.3, 0.4) is 0 Å². The molecular formula is C9H11NO. The summed E-state index contributed by atoms with van der Waals surface area (Å²) in [6, 6.07) is 5.52. The van der Waals surface area contributed by atoms with Crippen LogP contribution in [0.4, 0.5) is 0 Å². The van der Waals surface area contributed by atoms with Gasteiger partial charge in [-0.3, -0.25) is 4.98 Å². The number of hydrogen-bond donors (Lipinski definition) is 1. The summed E-state index contributed by atoms with van der Waals surface area (Å²) in [6.45, 7) is 5.64. The fourth-order valence-electron chi connectivity index (χ4n) is 0.805. The second-order valence-corrected chi connectivity index (χ2v) is 2.45. The van der Waals surface area contributed by atoms with Gasteiger partial charge in [-0.25, -0.2) is 0 Å². The molecular weight excluding hydrogens is 138 g/mol. The van der Waals surface area contributed by atoms with Gasteiger partial charge in [0.15, 0.2) is 0 Å². The monoisotopic (exact) mass is 149 g/mol. The van der Waals surface area contributed by atoms with Gasteiger partial charge in [-0.2, -0.15) is 0 Å². The third-order valence-electron chi connectivity index (χ3n) is 1.41. The van der Waals surface area contributed by atoms with E-state index in [2.05, 4.69) is 11.6 Å². The third-order valence-corrected chi connectivity index (χ3v) is 1.41. The van der Waals surface area contributed by atoms with Crippen LogP contribution >= 0.6 is 0 Å². The summed E-state index contributed by atoms with van der Waals surface area (Å²) in [5.74, 6) is 0. The molecule has 0 bridgehead atoms. The van der Waals surface area contributed by atoms with Gasteiger partial charge in [-0.05, 0) is 24.6 Å². The van der Waals surface area contributed by atoms with Crippen LogP contribution in [0.5, 0.6) is 0 Å². The Bertz CT molecular complexity index is 268. The van der Waals surface area contributed by atoms with Crippen molar-refractivity contribution < 1.29 is 5.11 Å². The third kappa shape index (κ3) is 1.88. The van der Waals surface area contributed by atoms with Gasteiger partial charge in [0, 0.05) is 0 Å². The maximum Gasteiger partial charge on any atom is 0.0853 e. The van der Waals surface area contributed by atoms with Crippen molar-refractivity contribution in [3.63, 3.8) is 0 Å². The van der Waals surface area contributed by atoms with Gasteiger partial charge in [0.2, 0.25) is 0 Å². The molecule has 11 heavy (non-hydrogen) atoms. The molecule has 0 fully saturated rings. The van der Waals surface area contributed by atoms with Gasteiger partial charge in [-0.15, -0.1) is 0 Å². The largest absolute Gasteiger partial charge is 0.390 e. The zero-order valence-electron chi connectivity index (χ0n) is 6.54. The van der Waals surface area contributed by atoms with Gasteiger partial charge < -0.3 is 5.11 Å². The Hall–Kier alpha value is -1.15. The molecule has 0 spiro atoms. The second kappa shape index (κ2) is 3.30. The molecule has 0 atom stereocenters. The number of rotatable bonds is 2. The maximum absolute atomic E-state index is 8.75. The van der Waals surface area contributed by atoms with Gasteiger partial charge >= 0.3 is 0 Å². The number of aliphatic hydroxyl groups excluding tert-OH is 1. The molecule has 0 saturated heterocycles. The predicted molar refractivity (Wildman–Crippen MR) is 44.9 cm³/mol. The van der Waals surface area contributed by atoms with E-state index in [1.54, 1.807) is 6.07 Å². The average molecular weight is 149 g/mol. The van der Waals surface area contributed by atoms with Gasteiger partial charge in [-0.1, -0.05) is 12.6 Å². The number of hydrogen-bond acceptors (Lipinski definition) is 2. The first kappa shape index (κ1) is 7.95. The molecule has 2 heteroatoms. The highest BCUT2D eigenvalue weighted by atomic mass is 16.3. The van der Waals surface area contributed by atoms with Crippen molar-refractivity contribution in [2.75, 3.05) is 0 Å². The number of pyridine rings is 1. The molecule has 1 heterocycles. The highest BCUT2D eigenvalue weighted by Crippen LogP contribution is 2.08. The standard InChI is InChI=1S/C9H11NO/c1-7(2)9-5-3-4-8(6-11)10-9/h3-5,11H,1,6H2,2H3. The molecule has 1 aromatic heterocycles. The average Bonchev–Trinajstić information content (AvgIpc) is 2.05. The van der Waals surface area contributed by atoms with E-state index < -0.39 is 0 Å². The fourth-order valence-corrected chi connectivity index (χ4v) is 0.805. The van der Waals surface area contributed by atoms with Crippen LogP contribution in [0.2, 0.25) is 0 Å². The first-order valence-corrected chi connectivity index (χ1v) is 3.46. The molecule has 58 valence electrons. The van der Waals surface area contributed by atoms with E-state index in [0.717, 1.165) is 11.3 Å². The van der Waals surface area contributed by atoms with E-state index in [4.69, 9.17) is 5.11 Å². The first-order valence-electron chi connectivity index (χ1n) is 3.46. The van der Waals surface area contributed by atoms with Crippen molar-refractivity contribution in [2.24, 2.45) is 0 Å². The van der Waals surface area contributed by atoms with Crippen LogP contribution in [0.1, 0.15) is 18.3 Å². The van der Waals surface area contributed by atoms with E-state index in [-0.39, 0.29) is 6.61 Å². The van der Waals surface area contributed by atoms with Gasteiger partial charge in [0.25, 0.3) is 0 Å². The van der Waals surface area contributed by atoms with Crippen molar-refractivity contribution in [2.45, 2.75) is 13.5 Å². The van der Waals surface area contributed by atoms with Crippen molar-refractivity contribution in [3.05, 3.63) is 36.2 Å². The lowest BCUT2D eigenvalue weighted by atomic mass is 10.2. The van der Waals surface area contributed by atoms with Crippen LogP contribution in [-0.2, 0) is 6.61 Å². The zero-order valence-corrected chi connectivity index (χ0v) is 6.54. The molecule has 1 aromatic rings. The number of nitrogens with zero attached hydrogens (tertiary/aromatic N) is 1. The highest BCUT2D eigenvalue weighted by Gasteiger charge is 1.95.